The van der Waals surface area contributed by atoms with Crippen molar-refractivity contribution < 1.29 is 5.11 Å². The van der Waals surface area contributed by atoms with Gasteiger partial charge in [-0.25, -0.2) is 0 Å². The van der Waals surface area contributed by atoms with Crippen molar-refractivity contribution in [1.82, 2.24) is 10.2 Å². The molecule has 0 aliphatic carbocycles. The van der Waals surface area contributed by atoms with Crippen molar-refractivity contribution >= 4 is 11.3 Å². The fraction of sp³-hybridized carbons (Fsp3) is 0.444. The quantitative estimate of drug-likeness (QED) is 0.785. The summed E-state index contributed by atoms with van der Waals surface area (Å²) in [7, 11) is 3.96. The SMILES string of the molecule is Cc1ccsc1C(Cc1ccccc1)NCC(O)CN(C)C. The minimum absolute atomic E-state index is 0.249. The largest absolute Gasteiger partial charge is 0.390 e. The Labute approximate surface area is 137 Å². The van der Waals surface area contributed by atoms with Crippen LogP contribution in [0, 0.1) is 6.92 Å². The van der Waals surface area contributed by atoms with Crippen molar-refractivity contribution in [3.8, 4) is 0 Å². The molecule has 0 aliphatic heterocycles. The summed E-state index contributed by atoms with van der Waals surface area (Å²) in [5.41, 5.74) is 2.63. The summed E-state index contributed by atoms with van der Waals surface area (Å²) in [5.74, 6) is 0. The van der Waals surface area contributed by atoms with E-state index < -0.39 is 0 Å². The van der Waals surface area contributed by atoms with Gasteiger partial charge in [0.2, 0.25) is 0 Å². The van der Waals surface area contributed by atoms with E-state index in [1.165, 1.54) is 16.0 Å². The molecule has 0 bridgehead atoms. The number of aliphatic hydroxyl groups is 1. The van der Waals surface area contributed by atoms with Gasteiger partial charge in [-0.15, -0.1) is 11.3 Å². The fourth-order valence-corrected chi connectivity index (χ4v) is 3.62. The molecule has 2 rings (SSSR count). The van der Waals surface area contributed by atoms with Crippen LogP contribution >= 0.6 is 11.3 Å². The average molecular weight is 318 g/mol. The molecule has 1 aromatic heterocycles. The van der Waals surface area contributed by atoms with Crippen LogP contribution in [-0.4, -0.2) is 43.3 Å². The molecule has 120 valence electrons. The van der Waals surface area contributed by atoms with Crippen LogP contribution in [-0.2, 0) is 6.42 Å². The van der Waals surface area contributed by atoms with Crippen molar-refractivity contribution in [3.05, 3.63) is 57.8 Å². The molecule has 22 heavy (non-hydrogen) atoms. The molecule has 0 amide bonds. The minimum Gasteiger partial charge on any atom is -0.390 e. The van der Waals surface area contributed by atoms with Crippen LogP contribution in [0.3, 0.4) is 0 Å². The van der Waals surface area contributed by atoms with Gasteiger partial charge in [-0.1, -0.05) is 30.3 Å². The predicted molar refractivity (Wildman–Crippen MR) is 94.5 cm³/mol. The first-order valence-corrected chi connectivity index (χ1v) is 8.58. The lowest BCUT2D eigenvalue weighted by Crippen LogP contribution is -2.37. The summed E-state index contributed by atoms with van der Waals surface area (Å²) in [6, 6.07) is 12.9. The Balaban J connectivity index is 2.04. The number of nitrogens with one attached hydrogen (secondary N) is 1. The second kappa shape index (κ2) is 8.44. The zero-order chi connectivity index (χ0) is 15.9. The van der Waals surface area contributed by atoms with Gasteiger partial charge in [0.05, 0.1) is 6.10 Å². The van der Waals surface area contributed by atoms with Crippen molar-refractivity contribution in [2.45, 2.75) is 25.5 Å². The predicted octanol–water partition coefficient (Wildman–Crippen LogP) is 2.85. The van der Waals surface area contributed by atoms with Gasteiger partial charge in [-0.05, 0) is 50.0 Å². The lowest BCUT2D eigenvalue weighted by Gasteiger charge is -2.22. The Kier molecular flexibility index (Phi) is 6.58. The molecule has 3 nitrogen and oxygen atoms in total. The Morgan fingerprint density at radius 2 is 1.91 bits per heavy atom. The fourth-order valence-electron chi connectivity index (χ4n) is 2.61. The second-order valence-electron chi connectivity index (χ2n) is 6.03. The monoisotopic (exact) mass is 318 g/mol. The molecule has 2 aromatic rings. The van der Waals surface area contributed by atoms with Crippen LogP contribution in [0.25, 0.3) is 0 Å². The molecule has 0 saturated carbocycles. The van der Waals surface area contributed by atoms with Gasteiger partial charge >= 0.3 is 0 Å². The molecule has 2 unspecified atom stereocenters. The van der Waals surface area contributed by atoms with E-state index in [1.54, 1.807) is 11.3 Å². The molecule has 2 atom stereocenters. The summed E-state index contributed by atoms with van der Waals surface area (Å²) in [6.45, 7) is 3.43. The van der Waals surface area contributed by atoms with E-state index in [-0.39, 0.29) is 12.1 Å². The molecule has 2 N–H and O–H groups in total. The molecular weight excluding hydrogens is 292 g/mol. The maximum atomic E-state index is 10.1. The van der Waals surface area contributed by atoms with E-state index in [0.29, 0.717) is 13.1 Å². The summed E-state index contributed by atoms with van der Waals surface area (Å²) in [5, 5.41) is 15.8. The summed E-state index contributed by atoms with van der Waals surface area (Å²) < 4.78 is 0. The third kappa shape index (κ3) is 5.21. The van der Waals surface area contributed by atoms with Gasteiger partial charge < -0.3 is 15.3 Å². The topological polar surface area (TPSA) is 35.5 Å². The number of hydrogen-bond acceptors (Lipinski definition) is 4. The van der Waals surface area contributed by atoms with Crippen LogP contribution in [0.1, 0.15) is 22.0 Å². The van der Waals surface area contributed by atoms with Crippen LogP contribution in [0.15, 0.2) is 41.8 Å². The highest BCUT2D eigenvalue weighted by Crippen LogP contribution is 2.26. The Morgan fingerprint density at radius 3 is 2.50 bits per heavy atom. The first kappa shape index (κ1) is 17.2. The molecule has 0 saturated heterocycles. The second-order valence-corrected chi connectivity index (χ2v) is 6.98. The van der Waals surface area contributed by atoms with Gasteiger partial charge in [-0.3, -0.25) is 0 Å². The number of thiophene rings is 1. The number of benzene rings is 1. The average Bonchev–Trinajstić information content (AvgIpc) is 2.90. The van der Waals surface area contributed by atoms with Gasteiger partial charge in [0.15, 0.2) is 0 Å². The third-order valence-electron chi connectivity index (χ3n) is 3.68. The molecule has 0 fully saturated rings. The number of aryl methyl sites for hydroxylation is 1. The van der Waals surface area contributed by atoms with E-state index in [4.69, 9.17) is 0 Å². The van der Waals surface area contributed by atoms with E-state index in [2.05, 4.69) is 48.0 Å². The molecular formula is C18H26N2OS. The smallest absolute Gasteiger partial charge is 0.0791 e. The zero-order valence-electron chi connectivity index (χ0n) is 13.6. The number of hydrogen-bond donors (Lipinski definition) is 2. The number of nitrogens with zero attached hydrogens (tertiary/aromatic N) is 1. The highest BCUT2D eigenvalue weighted by Gasteiger charge is 2.17. The van der Waals surface area contributed by atoms with Crippen molar-refractivity contribution in [2.24, 2.45) is 0 Å². The van der Waals surface area contributed by atoms with Gasteiger partial charge in [0.1, 0.15) is 0 Å². The van der Waals surface area contributed by atoms with Gasteiger partial charge in [0.25, 0.3) is 0 Å². The van der Waals surface area contributed by atoms with Crippen LogP contribution < -0.4 is 5.32 Å². The molecule has 4 heteroatoms. The summed E-state index contributed by atoms with van der Waals surface area (Å²) in [6.07, 6.45) is 0.588. The Hall–Kier alpha value is -1.20. The summed E-state index contributed by atoms with van der Waals surface area (Å²) in [4.78, 5) is 3.37. The number of aliphatic hydroxyl groups excluding tert-OH is 1. The molecule has 0 spiro atoms. The van der Waals surface area contributed by atoms with E-state index >= 15 is 0 Å². The Morgan fingerprint density at radius 1 is 1.18 bits per heavy atom. The first-order valence-electron chi connectivity index (χ1n) is 7.70. The molecule has 1 heterocycles. The van der Waals surface area contributed by atoms with Crippen molar-refractivity contribution in [1.29, 1.82) is 0 Å². The first-order chi connectivity index (χ1) is 10.6. The van der Waals surface area contributed by atoms with E-state index in [0.717, 1.165) is 6.42 Å². The van der Waals surface area contributed by atoms with Crippen molar-refractivity contribution in [3.63, 3.8) is 0 Å². The molecule has 0 radical (unpaired) electrons. The third-order valence-corrected chi connectivity index (χ3v) is 4.81. The maximum absolute atomic E-state index is 10.1. The Bertz CT molecular complexity index is 553. The lowest BCUT2D eigenvalue weighted by atomic mass is 10.0. The normalized spacial score (nSPS) is 14.2. The zero-order valence-corrected chi connectivity index (χ0v) is 14.4. The lowest BCUT2D eigenvalue weighted by molar-refractivity contribution is 0.131. The van der Waals surface area contributed by atoms with Crippen molar-refractivity contribution in [2.75, 3.05) is 27.2 Å². The highest BCUT2D eigenvalue weighted by molar-refractivity contribution is 7.10. The standard InChI is InChI=1S/C18H26N2OS/c1-14-9-10-22-18(14)17(11-15-7-5-4-6-8-15)19-12-16(21)13-20(2)3/h4-10,16-17,19,21H,11-13H2,1-3H3. The highest BCUT2D eigenvalue weighted by atomic mass is 32.1. The van der Waals surface area contributed by atoms with E-state index in [9.17, 15) is 5.11 Å². The number of rotatable bonds is 8. The molecule has 1 aromatic carbocycles. The maximum Gasteiger partial charge on any atom is 0.0791 e. The molecule has 0 aliphatic rings. The summed E-state index contributed by atoms with van der Waals surface area (Å²) >= 11 is 1.79. The van der Waals surface area contributed by atoms with E-state index in [1.807, 2.05) is 25.1 Å². The number of likely N-dealkylation sites (N-methyl/N-ethyl adjacent to an activating group) is 1. The van der Waals surface area contributed by atoms with Gasteiger partial charge in [-0.2, -0.15) is 0 Å². The van der Waals surface area contributed by atoms with Crippen LogP contribution in [0.5, 0.6) is 0 Å². The van der Waals surface area contributed by atoms with Gasteiger partial charge in [0, 0.05) is 24.0 Å². The minimum atomic E-state index is -0.353. The van der Waals surface area contributed by atoms with Crippen LogP contribution in [0.2, 0.25) is 0 Å². The van der Waals surface area contributed by atoms with Crippen LogP contribution in [0.4, 0.5) is 0 Å².